The molecule has 5 nitrogen and oxygen atoms in total. The number of amides is 1. The SMILES string of the molecule is Nc1ccc(CCC(=O)Nc2cccc(OCC3CCCO3)c2)cc1. The molecule has 2 aromatic rings. The standard InChI is InChI=1S/C20H24N2O3/c21-16-9-6-15(7-10-16)8-11-20(23)22-17-3-1-4-18(13-17)25-14-19-5-2-12-24-19/h1,3-4,6-7,9-10,13,19H,2,5,8,11-12,14,21H2,(H,22,23). The van der Waals surface area contributed by atoms with Crippen LogP contribution < -0.4 is 15.8 Å². The van der Waals surface area contributed by atoms with Crippen LogP contribution in [0.2, 0.25) is 0 Å². The minimum Gasteiger partial charge on any atom is -0.491 e. The molecule has 1 aliphatic heterocycles. The molecule has 0 aromatic heterocycles. The van der Waals surface area contributed by atoms with Crippen molar-refractivity contribution in [2.24, 2.45) is 0 Å². The topological polar surface area (TPSA) is 73.6 Å². The Hall–Kier alpha value is -2.53. The van der Waals surface area contributed by atoms with E-state index in [0.717, 1.165) is 42.1 Å². The highest BCUT2D eigenvalue weighted by Gasteiger charge is 2.16. The number of anilines is 2. The van der Waals surface area contributed by atoms with Crippen LogP contribution in [0.1, 0.15) is 24.8 Å². The highest BCUT2D eigenvalue weighted by molar-refractivity contribution is 5.91. The van der Waals surface area contributed by atoms with E-state index in [1.807, 2.05) is 48.5 Å². The lowest BCUT2D eigenvalue weighted by Gasteiger charge is -2.12. The Morgan fingerprint density at radius 2 is 2.08 bits per heavy atom. The van der Waals surface area contributed by atoms with Crippen LogP contribution in [0, 0.1) is 0 Å². The van der Waals surface area contributed by atoms with Gasteiger partial charge in [-0.15, -0.1) is 0 Å². The van der Waals surface area contributed by atoms with Gasteiger partial charge in [0, 0.05) is 30.5 Å². The van der Waals surface area contributed by atoms with Crippen LogP contribution in [0.25, 0.3) is 0 Å². The maximum atomic E-state index is 12.1. The summed E-state index contributed by atoms with van der Waals surface area (Å²) in [5.74, 6) is 0.722. The number of ether oxygens (including phenoxy) is 2. The fourth-order valence-electron chi connectivity index (χ4n) is 2.79. The number of benzene rings is 2. The predicted molar refractivity (Wildman–Crippen MR) is 98.7 cm³/mol. The maximum absolute atomic E-state index is 12.1. The molecule has 0 radical (unpaired) electrons. The Morgan fingerprint density at radius 1 is 1.24 bits per heavy atom. The van der Waals surface area contributed by atoms with Gasteiger partial charge in [-0.05, 0) is 49.1 Å². The van der Waals surface area contributed by atoms with E-state index < -0.39 is 0 Å². The number of rotatable bonds is 7. The first-order chi connectivity index (χ1) is 12.2. The van der Waals surface area contributed by atoms with Crippen molar-refractivity contribution in [2.45, 2.75) is 31.8 Å². The van der Waals surface area contributed by atoms with Gasteiger partial charge in [0.05, 0.1) is 6.10 Å². The van der Waals surface area contributed by atoms with E-state index in [-0.39, 0.29) is 12.0 Å². The van der Waals surface area contributed by atoms with E-state index in [4.69, 9.17) is 15.2 Å². The third kappa shape index (κ3) is 5.50. The first-order valence-corrected chi connectivity index (χ1v) is 8.68. The number of nitrogens with two attached hydrogens (primary N) is 1. The van der Waals surface area contributed by atoms with E-state index >= 15 is 0 Å². The first-order valence-electron chi connectivity index (χ1n) is 8.68. The summed E-state index contributed by atoms with van der Waals surface area (Å²) in [5.41, 5.74) is 8.23. The number of carbonyl (C=O) groups is 1. The predicted octanol–water partition coefficient (Wildman–Crippen LogP) is 3.40. The van der Waals surface area contributed by atoms with Crippen molar-refractivity contribution in [3.05, 3.63) is 54.1 Å². The largest absolute Gasteiger partial charge is 0.491 e. The summed E-state index contributed by atoms with van der Waals surface area (Å²) < 4.78 is 11.3. The van der Waals surface area contributed by atoms with Crippen LogP contribution in [0.4, 0.5) is 11.4 Å². The summed E-state index contributed by atoms with van der Waals surface area (Å²) in [6.45, 7) is 1.37. The van der Waals surface area contributed by atoms with E-state index in [0.29, 0.717) is 19.4 Å². The molecule has 1 heterocycles. The van der Waals surface area contributed by atoms with Gasteiger partial charge < -0.3 is 20.5 Å². The second-order valence-corrected chi connectivity index (χ2v) is 6.26. The molecule has 2 aromatic carbocycles. The van der Waals surface area contributed by atoms with E-state index in [2.05, 4.69) is 5.32 Å². The smallest absolute Gasteiger partial charge is 0.224 e. The Kier molecular flexibility index (Phi) is 5.90. The van der Waals surface area contributed by atoms with E-state index in [1.54, 1.807) is 0 Å². The summed E-state index contributed by atoms with van der Waals surface area (Å²) in [5, 5.41) is 2.92. The zero-order valence-corrected chi connectivity index (χ0v) is 14.2. The summed E-state index contributed by atoms with van der Waals surface area (Å²) in [6.07, 6.45) is 3.42. The molecule has 25 heavy (non-hydrogen) atoms. The third-order valence-corrected chi connectivity index (χ3v) is 4.20. The van der Waals surface area contributed by atoms with Crippen LogP contribution in [0.5, 0.6) is 5.75 Å². The van der Waals surface area contributed by atoms with Crippen LogP contribution in [0.3, 0.4) is 0 Å². The third-order valence-electron chi connectivity index (χ3n) is 4.20. The second-order valence-electron chi connectivity index (χ2n) is 6.26. The average molecular weight is 340 g/mol. The minimum absolute atomic E-state index is 0.0203. The van der Waals surface area contributed by atoms with Gasteiger partial charge in [-0.2, -0.15) is 0 Å². The molecule has 0 aliphatic carbocycles. The molecule has 1 unspecified atom stereocenters. The molecule has 0 saturated carbocycles. The molecule has 3 rings (SSSR count). The molecule has 1 saturated heterocycles. The van der Waals surface area contributed by atoms with Gasteiger partial charge in [0.25, 0.3) is 0 Å². The highest BCUT2D eigenvalue weighted by atomic mass is 16.5. The lowest BCUT2D eigenvalue weighted by atomic mass is 10.1. The molecule has 1 aliphatic rings. The Morgan fingerprint density at radius 3 is 2.84 bits per heavy atom. The van der Waals surface area contributed by atoms with Crippen molar-refractivity contribution in [2.75, 3.05) is 24.3 Å². The average Bonchev–Trinajstić information content (AvgIpc) is 3.13. The molecule has 1 atom stereocenters. The van der Waals surface area contributed by atoms with Crippen molar-refractivity contribution in [3.8, 4) is 5.75 Å². The van der Waals surface area contributed by atoms with Crippen molar-refractivity contribution in [1.29, 1.82) is 0 Å². The van der Waals surface area contributed by atoms with Crippen molar-refractivity contribution >= 4 is 17.3 Å². The lowest BCUT2D eigenvalue weighted by molar-refractivity contribution is -0.116. The fraction of sp³-hybridized carbons (Fsp3) is 0.350. The number of hydrogen-bond acceptors (Lipinski definition) is 4. The summed E-state index contributed by atoms with van der Waals surface area (Å²) >= 11 is 0. The monoisotopic (exact) mass is 340 g/mol. The molecule has 0 bridgehead atoms. The van der Waals surface area contributed by atoms with Crippen molar-refractivity contribution in [3.63, 3.8) is 0 Å². The van der Waals surface area contributed by atoms with Crippen molar-refractivity contribution < 1.29 is 14.3 Å². The zero-order chi connectivity index (χ0) is 17.5. The Labute approximate surface area is 148 Å². The molecule has 0 spiro atoms. The molecular weight excluding hydrogens is 316 g/mol. The summed E-state index contributed by atoms with van der Waals surface area (Å²) in [6, 6.07) is 15.1. The van der Waals surface area contributed by atoms with Gasteiger partial charge >= 0.3 is 0 Å². The number of nitrogens with one attached hydrogen (secondary N) is 1. The quantitative estimate of drug-likeness (QED) is 0.758. The van der Waals surface area contributed by atoms with Crippen LogP contribution >= 0.6 is 0 Å². The van der Waals surface area contributed by atoms with Crippen LogP contribution in [-0.4, -0.2) is 25.2 Å². The molecule has 5 heteroatoms. The van der Waals surface area contributed by atoms with Crippen LogP contribution in [-0.2, 0) is 16.0 Å². The molecule has 1 fully saturated rings. The molecular formula is C20H24N2O3. The summed E-state index contributed by atoms with van der Waals surface area (Å²) in [7, 11) is 0. The molecule has 3 N–H and O–H groups in total. The number of carbonyl (C=O) groups excluding carboxylic acids is 1. The van der Waals surface area contributed by atoms with Gasteiger partial charge in [0.15, 0.2) is 0 Å². The first kappa shape index (κ1) is 17.3. The lowest BCUT2D eigenvalue weighted by Crippen LogP contribution is -2.16. The number of aryl methyl sites for hydroxylation is 1. The number of nitrogen functional groups attached to an aromatic ring is 1. The molecule has 132 valence electrons. The maximum Gasteiger partial charge on any atom is 0.224 e. The van der Waals surface area contributed by atoms with Gasteiger partial charge in [-0.25, -0.2) is 0 Å². The second kappa shape index (κ2) is 8.53. The fourth-order valence-corrected chi connectivity index (χ4v) is 2.79. The van der Waals surface area contributed by atoms with Gasteiger partial charge in [0.2, 0.25) is 5.91 Å². The Bertz CT molecular complexity index is 694. The Balaban J connectivity index is 1.47. The minimum atomic E-state index is -0.0203. The van der Waals surface area contributed by atoms with Gasteiger partial charge in [-0.3, -0.25) is 4.79 Å². The van der Waals surface area contributed by atoms with Gasteiger partial charge in [-0.1, -0.05) is 18.2 Å². The highest BCUT2D eigenvalue weighted by Crippen LogP contribution is 2.20. The normalized spacial score (nSPS) is 16.6. The van der Waals surface area contributed by atoms with Gasteiger partial charge in [0.1, 0.15) is 12.4 Å². The van der Waals surface area contributed by atoms with E-state index in [9.17, 15) is 4.79 Å². The summed E-state index contributed by atoms with van der Waals surface area (Å²) in [4.78, 5) is 12.1. The molecule has 1 amide bonds. The van der Waals surface area contributed by atoms with E-state index in [1.165, 1.54) is 0 Å². The number of hydrogen-bond donors (Lipinski definition) is 2. The van der Waals surface area contributed by atoms with Crippen molar-refractivity contribution in [1.82, 2.24) is 0 Å². The van der Waals surface area contributed by atoms with Crippen LogP contribution in [0.15, 0.2) is 48.5 Å². The zero-order valence-electron chi connectivity index (χ0n) is 14.2.